The van der Waals surface area contributed by atoms with Gasteiger partial charge >= 0.3 is 5.91 Å². The maximum absolute atomic E-state index is 11.8. The van der Waals surface area contributed by atoms with Crippen molar-refractivity contribution < 1.29 is 13.2 Å². The van der Waals surface area contributed by atoms with Crippen LogP contribution in [0.2, 0.25) is 0 Å². The lowest BCUT2D eigenvalue weighted by Crippen LogP contribution is -2.20. The lowest BCUT2D eigenvalue weighted by molar-refractivity contribution is -0.116. The van der Waals surface area contributed by atoms with E-state index in [1.807, 2.05) is 0 Å². The van der Waals surface area contributed by atoms with Crippen molar-refractivity contribution in [1.29, 1.82) is 5.26 Å². The van der Waals surface area contributed by atoms with E-state index in [1.54, 1.807) is 26.0 Å². The summed E-state index contributed by atoms with van der Waals surface area (Å²) in [6.07, 6.45) is 0. The van der Waals surface area contributed by atoms with Crippen LogP contribution in [0.1, 0.15) is 19.4 Å². The van der Waals surface area contributed by atoms with Gasteiger partial charge in [0.15, 0.2) is 15.9 Å². The summed E-state index contributed by atoms with van der Waals surface area (Å²) < 4.78 is 23.7. The topological polar surface area (TPSA) is 87.0 Å². The molecule has 0 saturated carbocycles. The standard InChI is InChI=1S/C12H14N2O3S/c1-9(2)18(16,17)11-5-3-10(4-6-11)8-14-12(15)7-13/h3-6,9H,8H2,1-2H3,(H,14,15). The Balaban J connectivity index is 2.82. The van der Waals surface area contributed by atoms with Crippen molar-refractivity contribution in [2.45, 2.75) is 30.5 Å². The van der Waals surface area contributed by atoms with Crippen LogP contribution >= 0.6 is 0 Å². The van der Waals surface area contributed by atoms with Crippen LogP contribution < -0.4 is 5.32 Å². The molecule has 0 bridgehead atoms. The summed E-state index contributed by atoms with van der Waals surface area (Å²) >= 11 is 0. The zero-order valence-corrected chi connectivity index (χ0v) is 11.0. The van der Waals surface area contributed by atoms with Gasteiger partial charge in [-0.25, -0.2) is 8.42 Å². The Morgan fingerprint density at radius 1 is 1.33 bits per heavy atom. The number of nitrogens with one attached hydrogen (secondary N) is 1. The number of benzene rings is 1. The molecule has 1 amide bonds. The number of amides is 1. The lowest BCUT2D eigenvalue weighted by Gasteiger charge is -2.08. The highest BCUT2D eigenvalue weighted by atomic mass is 32.2. The summed E-state index contributed by atoms with van der Waals surface area (Å²) in [6.45, 7) is 3.45. The van der Waals surface area contributed by atoms with Crippen LogP contribution in [0, 0.1) is 11.3 Å². The Hall–Kier alpha value is -1.87. The largest absolute Gasteiger partial charge is 0.339 e. The van der Waals surface area contributed by atoms with E-state index in [2.05, 4.69) is 5.32 Å². The molecule has 96 valence electrons. The minimum absolute atomic E-state index is 0.203. The van der Waals surface area contributed by atoms with Crippen molar-refractivity contribution in [1.82, 2.24) is 5.32 Å². The molecule has 1 aromatic rings. The van der Waals surface area contributed by atoms with Crippen molar-refractivity contribution in [3.05, 3.63) is 29.8 Å². The van der Waals surface area contributed by atoms with Crippen LogP contribution in [0.25, 0.3) is 0 Å². The Labute approximate surface area is 106 Å². The molecule has 0 aliphatic heterocycles. The first kappa shape index (κ1) is 14.2. The van der Waals surface area contributed by atoms with Crippen LogP contribution in [0.15, 0.2) is 29.2 Å². The monoisotopic (exact) mass is 266 g/mol. The highest BCUT2D eigenvalue weighted by Crippen LogP contribution is 2.16. The van der Waals surface area contributed by atoms with Gasteiger partial charge in [-0.1, -0.05) is 12.1 Å². The fourth-order valence-electron chi connectivity index (χ4n) is 1.29. The van der Waals surface area contributed by atoms with Crippen LogP contribution in [-0.4, -0.2) is 19.6 Å². The molecule has 1 N–H and O–H groups in total. The molecule has 1 aromatic carbocycles. The summed E-state index contributed by atoms with van der Waals surface area (Å²) in [5.74, 6) is -0.714. The molecule has 6 heteroatoms. The third-order valence-electron chi connectivity index (χ3n) is 2.43. The minimum atomic E-state index is -3.27. The summed E-state index contributed by atoms with van der Waals surface area (Å²) in [4.78, 5) is 11.0. The summed E-state index contributed by atoms with van der Waals surface area (Å²) in [6, 6.07) is 7.68. The second-order valence-electron chi connectivity index (χ2n) is 4.03. The molecule has 0 atom stereocenters. The van der Waals surface area contributed by atoms with Crippen LogP contribution in [-0.2, 0) is 21.2 Å². The van der Waals surface area contributed by atoms with Gasteiger partial charge in [0.05, 0.1) is 10.1 Å². The number of nitriles is 1. The van der Waals surface area contributed by atoms with Gasteiger partial charge in [0.2, 0.25) is 0 Å². The normalized spacial score (nSPS) is 11.0. The average Bonchev–Trinajstić information content (AvgIpc) is 2.36. The zero-order valence-electron chi connectivity index (χ0n) is 10.2. The number of carbonyl (C=O) groups is 1. The van der Waals surface area contributed by atoms with Crippen LogP contribution in [0.4, 0.5) is 0 Å². The zero-order chi connectivity index (χ0) is 13.8. The number of hydrogen-bond acceptors (Lipinski definition) is 4. The number of rotatable bonds is 4. The van der Waals surface area contributed by atoms with Gasteiger partial charge in [0.25, 0.3) is 0 Å². The fourth-order valence-corrected chi connectivity index (χ4v) is 2.35. The molecule has 18 heavy (non-hydrogen) atoms. The third kappa shape index (κ3) is 3.31. The molecule has 0 radical (unpaired) electrons. The highest BCUT2D eigenvalue weighted by molar-refractivity contribution is 7.92. The van der Waals surface area contributed by atoms with E-state index in [0.29, 0.717) is 0 Å². The van der Waals surface area contributed by atoms with Gasteiger partial charge < -0.3 is 5.32 Å². The molecule has 0 unspecified atom stereocenters. The lowest BCUT2D eigenvalue weighted by atomic mass is 10.2. The first-order valence-electron chi connectivity index (χ1n) is 5.38. The van der Waals surface area contributed by atoms with E-state index in [-0.39, 0.29) is 11.4 Å². The summed E-state index contributed by atoms with van der Waals surface area (Å²) in [7, 11) is -3.27. The van der Waals surface area contributed by atoms with E-state index >= 15 is 0 Å². The van der Waals surface area contributed by atoms with E-state index in [4.69, 9.17) is 5.26 Å². The fraction of sp³-hybridized carbons (Fsp3) is 0.333. The SMILES string of the molecule is CC(C)S(=O)(=O)c1ccc(CNC(=O)C#N)cc1. The van der Waals surface area contributed by atoms with Gasteiger partial charge in [-0.2, -0.15) is 5.26 Å². The third-order valence-corrected chi connectivity index (χ3v) is 4.60. The molecule has 0 aliphatic carbocycles. The molecule has 0 heterocycles. The van der Waals surface area contributed by atoms with E-state index in [0.717, 1.165) is 5.56 Å². The second kappa shape index (κ2) is 5.65. The van der Waals surface area contributed by atoms with Gasteiger partial charge in [-0.05, 0) is 31.5 Å². The highest BCUT2D eigenvalue weighted by Gasteiger charge is 2.18. The molecule has 0 saturated heterocycles. The molecule has 0 aliphatic rings. The number of nitrogens with zero attached hydrogens (tertiary/aromatic N) is 1. The van der Waals surface area contributed by atoms with Crippen molar-refractivity contribution in [3.8, 4) is 6.07 Å². The Kier molecular flexibility index (Phi) is 4.45. The average molecular weight is 266 g/mol. The molecule has 1 rings (SSSR count). The van der Waals surface area contributed by atoms with Gasteiger partial charge in [-0.3, -0.25) is 4.79 Å². The Morgan fingerprint density at radius 2 is 1.89 bits per heavy atom. The quantitative estimate of drug-likeness (QED) is 0.824. The Bertz CT molecular complexity index is 568. The molecule has 0 spiro atoms. The van der Waals surface area contributed by atoms with Crippen molar-refractivity contribution >= 4 is 15.7 Å². The predicted molar refractivity (Wildman–Crippen MR) is 66.2 cm³/mol. The summed E-state index contributed by atoms with van der Waals surface area (Å²) in [5.41, 5.74) is 0.737. The first-order chi connectivity index (χ1) is 8.37. The maximum atomic E-state index is 11.8. The maximum Gasteiger partial charge on any atom is 0.322 e. The smallest absolute Gasteiger partial charge is 0.322 e. The molecular weight excluding hydrogens is 252 g/mol. The van der Waals surface area contributed by atoms with Gasteiger partial charge in [-0.15, -0.1) is 0 Å². The summed E-state index contributed by atoms with van der Waals surface area (Å²) in [5, 5.41) is 10.2. The Morgan fingerprint density at radius 3 is 2.33 bits per heavy atom. The molecular formula is C12H14N2O3S. The number of hydrogen-bond donors (Lipinski definition) is 1. The van der Waals surface area contributed by atoms with Crippen LogP contribution in [0.3, 0.4) is 0 Å². The predicted octanol–water partition coefficient (Wildman–Crippen LogP) is 1.01. The van der Waals surface area contributed by atoms with Crippen molar-refractivity contribution in [3.63, 3.8) is 0 Å². The molecule has 0 aromatic heterocycles. The van der Waals surface area contributed by atoms with Gasteiger partial charge in [0.1, 0.15) is 0 Å². The van der Waals surface area contributed by atoms with E-state index in [1.165, 1.54) is 18.2 Å². The number of carbonyl (C=O) groups excluding carboxylic acids is 1. The van der Waals surface area contributed by atoms with Crippen molar-refractivity contribution in [2.75, 3.05) is 0 Å². The number of sulfone groups is 1. The first-order valence-corrected chi connectivity index (χ1v) is 6.93. The second-order valence-corrected chi connectivity index (χ2v) is 6.54. The van der Waals surface area contributed by atoms with Crippen LogP contribution in [0.5, 0.6) is 0 Å². The molecule has 0 fully saturated rings. The van der Waals surface area contributed by atoms with E-state index < -0.39 is 21.0 Å². The minimum Gasteiger partial charge on any atom is -0.339 e. The van der Waals surface area contributed by atoms with Crippen molar-refractivity contribution in [2.24, 2.45) is 0 Å². The van der Waals surface area contributed by atoms with E-state index in [9.17, 15) is 13.2 Å². The molecule has 5 nitrogen and oxygen atoms in total. The van der Waals surface area contributed by atoms with Gasteiger partial charge in [0, 0.05) is 6.54 Å².